The molecule has 0 saturated heterocycles. The summed E-state index contributed by atoms with van der Waals surface area (Å²) in [6.07, 6.45) is 1.62. The monoisotopic (exact) mass is 257 g/mol. The second-order valence-electron chi connectivity index (χ2n) is 4.04. The second-order valence-corrected chi connectivity index (χ2v) is 5.90. The Balaban J connectivity index is 2.37. The van der Waals surface area contributed by atoms with Crippen LogP contribution >= 0.6 is 0 Å². The molecular weight excluding hydrogens is 242 g/mol. The van der Waals surface area contributed by atoms with Crippen LogP contribution in [0.3, 0.4) is 0 Å². The SMILES string of the molecule is O=S(=O)(c1ccccc1O)N(CCO)C1CC1. The van der Waals surface area contributed by atoms with Gasteiger partial charge < -0.3 is 10.2 Å². The van der Waals surface area contributed by atoms with Crippen molar-refractivity contribution in [3.8, 4) is 5.75 Å². The van der Waals surface area contributed by atoms with E-state index in [1.54, 1.807) is 12.1 Å². The molecule has 0 aromatic heterocycles. The van der Waals surface area contributed by atoms with Gasteiger partial charge in [-0.2, -0.15) is 4.31 Å². The zero-order valence-electron chi connectivity index (χ0n) is 9.28. The van der Waals surface area contributed by atoms with Crippen molar-refractivity contribution in [1.82, 2.24) is 4.31 Å². The van der Waals surface area contributed by atoms with Crippen molar-refractivity contribution in [1.29, 1.82) is 0 Å². The van der Waals surface area contributed by atoms with Crippen LogP contribution in [0.1, 0.15) is 12.8 Å². The fraction of sp³-hybridized carbons (Fsp3) is 0.455. The number of para-hydroxylation sites is 1. The minimum atomic E-state index is -3.71. The summed E-state index contributed by atoms with van der Waals surface area (Å²) >= 11 is 0. The van der Waals surface area contributed by atoms with E-state index in [0.29, 0.717) is 0 Å². The number of hydrogen-bond acceptors (Lipinski definition) is 4. The lowest BCUT2D eigenvalue weighted by Gasteiger charge is -2.21. The lowest BCUT2D eigenvalue weighted by molar-refractivity contribution is 0.250. The Labute approximate surface area is 100 Å². The zero-order valence-corrected chi connectivity index (χ0v) is 10.1. The molecule has 0 unspecified atom stereocenters. The van der Waals surface area contributed by atoms with Crippen molar-refractivity contribution < 1.29 is 18.6 Å². The molecule has 0 bridgehead atoms. The molecule has 0 amide bonds. The summed E-state index contributed by atoms with van der Waals surface area (Å²) in [5, 5.41) is 18.5. The van der Waals surface area contributed by atoms with Crippen molar-refractivity contribution in [3.63, 3.8) is 0 Å². The molecule has 94 valence electrons. The van der Waals surface area contributed by atoms with Gasteiger partial charge in [-0.3, -0.25) is 0 Å². The van der Waals surface area contributed by atoms with Gasteiger partial charge in [0.2, 0.25) is 10.0 Å². The Morgan fingerprint density at radius 2 is 1.94 bits per heavy atom. The predicted molar refractivity (Wildman–Crippen MR) is 62.1 cm³/mol. The van der Waals surface area contributed by atoms with Crippen molar-refractivity contribution in [2.75, 3.05) is 13.2 Å². The topological polar surface area (TPSA) is 77.8 Å². The van der Waals surface area contributed by atoms with Crippen LogP contribution in [0.5, 0.6) is 5.75 Å². The van der Waals surface area contributed by atoms with Gasteiger partial charge in [0.05, 0.1) is 6.61 Å². The molecule has 0 spiro atoms. The van der Waals surface area contributed by atoms with Gasteiger partial charge in [-0.05, 0) is 25.0 Å². The molecular formula is C11H15NO4S. The number of phenolic OH excluding ortho intramolecular Hbond substituents is 1. The van der Waals surface area contributed by atoms with E-state index in [0.717, 1.165) is 12.8 Å². The third-order valence-corrected chi connectivity index (χ3v) is 4.73. The van der Waals surface area contributed by atoms with Gasteiger partial charge in [0, 0.05) is 12.6 Å². The van der Waals surface area contributed by atoms with Gasteiger partial charge in [-0.25, -0.2) is 8.42 Å². The van der Waals surface area contributed by atoms with E-state index in [4.69, 9.17) is 5.11 Å². The first-order chi connectivity index (χ1) is 8.07. The van der Waals surface area contributed by atoms with Crippen molar-refractivity contribution >= 4 is 10.0 Å². The zero-order chi connectivity index (χ0) is 12.5. The van der Waals surface area contributed by atoms with Crippen LogP contribution < -0.4 is 0 Å². The Kier molecular flexibility index (Phi) is 3.37. The van der Waals surface area contributed by atoms with E-state index in [1.807, 2.05) is 0 Å². The van der Waals surface area contributed by atoms with E-state index >= 15 is 0 Å². The molecule has 1 aromatic rings. The molecule has 1 aromatic carbocycles. The summed E-state index contributed by atoms with van der Waals surface area (Å²) < 4.78 is 25.8. The van der Waals surface area contributed by atoms with E-state index in [-0.39, 0.29) is 29.8 Å². The van der Waals surface area contributed by atoms with Gasteiger partial charge in [-0.1, -0.05) is 12.1 Å². The summed E-state index contributed by atoms with van der Waals surface area (Å²) in [7, 11) is -3.71. The Morgan fingerprint density at radius 1 is 1.29 bits per heavy atom. The Hall–Kier alpha value is -1.11. The fourth-order valence-electron chi connectivity index (χ4n) is 1.76. The molecule has 0 radical (unpaired) electrons. The molecule has 2 rings (SSSR count). The third-order valence-electron chi connectivity index (χ3n) is 2.73. The molecule has 1 fully saturated rings. The normalized spacial score (nSPS) is 16.4. The first-order valence-corrected chi connectivity index (χ1v) is 6.92. The lowest BCUT2D eigenvalue weighted by atomic mass is 10.3. The molecule has 1 aliphatic rings. The average Bonchev–Trinajstić information content (AvgIpc) is 3.10. The first kappa shape index (κ1) is 12.3. The maximum Gasteiger partial charge on any atom is 0.247 e. The highest BCUT2D eigenvalue weighted by Crippen LogP contribution is 2.34. The number of phenols is 1. The number of aliphatic hydroxyl groups is 1. The summed E-state index contributed by atoms with van der Waals surface area (Å²) in [5.74, 6) is -0.254. The van der Waals surface area contributed by atoms with Crippen LogP contribution in [0.4, 0.5) is 0 Å². The predicted octanol–water partition coefficient (Wildman–Crippen LogP) is 0.538. The van der Waals surface area contributed by atoms with Crippen LogP contribution in [0.15, 0.2) is 29.2 Å². The summed E-state index contributed by atoms with van der Waals surface area (Å²) in [5.41, 5.74) is 0. The third kappa shape index (κ3) is 2.43. The lowest BCUT2D eigenvalue weighted by Crippen LogP contribution is -2.35. The smallest absolute Gasteiger partial charge is 0.247 e. The number of rotatable bonds is 5. The molecule has 17 heavy (non-hydrogen) atoms. The molecule has 0 aliphatic heterocycles. The fourth-order valence-corrected chi connectivity index (χ4v) is 3.52. The highest BCUT2D eigenvalue weighted by Gasteiger charge is 2.38. The molecule has 5 nitrogen and oxygen atoms in total. The molecule has 1 saturated carbocycles. The van der Waals surface area contributed by atoms with Gasteiger partial charge in [0.1, 0.15) is 10.6 Å². The largest absolute Gasteiger partial charge is 0.507 e. The molecule has 0 atom stereocenters. The maximum atomic E-state index is 12.3. The van der Waals surface area contributed by atoms with Crippen molar-refractivity contribution in [2.24, 2.45) is 0 Å². The number of sulfonamides is 1. The van der Waals surface area contributed by atoms with E-state index in [9.17, 15) is 13.5 Å². The second kappa shape index (κ2) is 4.64. The quantitative estimate of drug-likeness (QED) is 0.807. The van der Waals surface area contributed by atoms with E-state index in [1.165, 1.54) is 16.4 Å². The number of aromatic hydroxyl groups is 1. The number of benzene rings is 1. The summed E-state index contributed by atoms with van der Waals surface area (Å²) in [4.78, 5) is -0.0969. The highest BCUT2D eigenvalue weighted by molar-refractivity contribution is 7.89. The minimum Gasteiger partial charge on any atom is -0.507 e. The number of nitrogens with zero attached hydrogens (tertiary/aromatic N) is 1. The van der Waals surface area contributed by atoms with Crippen molar-refractivity contribution in [2.45, 2.75) is 23.8 Å². The van der Waals surface area contributed by atoms with Gasteiger partial charge >= 0.3 is 0 Å². The maximum absolute atomic E-state index is 12.3. The first-order valence-electron chi connectivity index (χ1n) is 5.48. The van der Waals surface area contributed by atoms with Crippen LogP contribution in [0.2, 0.25) is 0 Å². The van der Waals surface area contributed by atoms with Gasteiger partial charge in [0.15, 0.2) is 0 Å². The van der Waals surface area contributed by atoms with Crippen LogP contribution in [-0.2, 0) is 10.0 Å². The average molecular weight is 257 g/mol. The molecule has 0 heterocycles. The van der Waals surface area contributed by atoms with Crippen LogP contribution in [0.25, 0.3) is 0 Å². The van der Waals surface area contributed by atoms with Gasteiger partial charge in [-0.15, -0.1) is 0 Å². The van der Waals surface area contributed by atoms with Crippen LogP contribution in [-0.4, -0.2) is 42.1 Å². The van der Waals surface area contributed by atoms with Crippen LogP contribution in [0, 0.1) is 0 Å². The van der Waals surface area contributed by atoms with E-state index in [2.05, 4.69) is 0 Å². The van der Waals surface area contributed by atoms with Crippen molar-refractivity contribution in [3.05, 3.63) is 24.3 Å². The number of aliphatic hydroxyl groups excluding tert-OH is 1. The Bertz CT molecular complexity index is 496. The summed E-state index contributed by atoms with van der Waals surface area (Å²) in [6.45, 7) is -0.148. The number of hydrogen-bond donors (Lipinski definition) is 2. The molecule has 6 heteroatoms. The Morgan fingerprint density at radius 3 is 2.47 bits per heavy atom. The summed E-state index contributed by atoms with van der Waals surface area (Å²) in [6, 6.07) is 5.82. The highest BCUT2D eigenvalue weighted by atomic mass is 32.2. The minimum absolute atomic E-state index is 0.0354. The van der Waals surface area contributed by atoms with E-state index < -0.39 is 10.0 Å². The molecule has 1 aliphatic carbocycles. The molecule has 2 N–H and O–H groups in total. The van der Waals surface area contributed by atoms with Gasteiger partial charge in [0.25, 0.3) is 0 Å². The standard InChI is InChI=1S/C11H15NO4S/c13-8-7-12(9-5-6-9)17(15,16)11-4-2-1-3-10(11)14/h1-4,9,13-14H,5-8H2.